The van der Waals surface area contributed by atoms with E-state index in [1.54, 1.807) is 6.07 Å². The number of anilines is 1. The number of amides is 1. The number of rotatable bonds is 6. The standard InChI is InChI=1S/C16H13F4NO4/c1-23-8-3-4-11(12(5-8)24-2)21-13(22)7-25-16-14(19)9(17)6-10(18)15(16)20/h3-6H,7H2,1-2H3,(H,21,22). The predicted molar refractivity (Wildman–Crippen MR) is 79.9 cm³/mol. The zero-order valence-corrected chi connectivity index (χ0v) is 13.2. The van der Waals surface area contributed by atoms with Gasteiger partial charge in [-0.25, -0.2) is 8.78 Å². The van der Waals surface area contributed by atoms with Crippen LogP contribution >= 0.6 is 0 Å². The van der Waals surface area contributed by atoms with Crippen molar-refractivity contribution in [2.75, 3.05) is 26.1 Å². The molecule has 0 fully saturated rings. The van der Waals surface area contributed by atoms with Gasteiger partial charge in [0.2, 0.25) is 11.6 Å². The maximum atomic E-state index is 13.4. The third-order valence-corrected chi connectivity index (χ3v) is 3.10. The van der Waals surface area contributed by atoms with Gasteiger partial charge in [-0.1, -0.05) is 0 Å². The largest absolute Gasteiger partial charge is 0.497 e. The van der Waals surface area contributed by atoms with Crippen LogP contribution in [-0.4, -0.2) is 26.7 Å². The smallest absolute Gasteiger partial charge is 0.262 e. The van der Waals surface area contributed by atoms with Crippen molar-refractivity contribution in [1.29, 1.82) is 0 Å². The molecule has 134 valence electrons. The van der Waals surface area contributed by atoms with Crippen molar-refractivity contribution >= 4 is 11.6 Å². The van der Waals surface area contributed by atoms with Gasteiger partial charge in [-0.2, -0.15) is 8.78 Å². The van der Waals surface area contributed by atoms with Crippen molar-refractivity contribution in [1.82, 2.24) is 0 Å². The minimum Gasteiger partial charge on any atom is -0.497 e. The summed E-state index contributed by atoms with van der Waals surface area (Å²) in [6, 6.07) is 4.55. The number of hydrogen-bond acceptors (Lipinski definition) is 4. The molecule has 2 aromatic carbocycles. The first kappa shape index (κ1) is 18.4. The number of methoxy groups -OCH3 is 2. The molecule has 0 saturated heterocycles. The number of nitrogens with one attached hydrogen (secondary N) is 1. The first-order chi connectivity index (χ1) is 11.9. The molecule has 0 bridgehead atoms. The molecule has 1 amide bonds. The molecule has 0 aliphatic heterocycles. The van der Waals surface area contributed by atoms with Crippen LogP contribution in [0.3, 0.4) is 0 Å². The molecule has 0 heterocycles. The van der Waals surface area contributed by atoms with E-state index in [2.05, 4.69) is 10.1 Å². The monoisotopic (exact) mass is 359 g/mol. The van der Waals surface area contributed by atoms with Gasteiger partial charge in [0.05, 0.1) is 19.9 Å². The fourth-order valence-corrected chi connectivity index (χ4v) is 1.90. The average molecular weight is 359 g/mol. The molecule has 1 N–H and O–H groups in total. The van der Waals surface area contributed by atoms with Crippen LogP contribution in [0.15, 0.2) is 24.3 Å². The van der Waals surface area contributed by atoms with E-state index < -0.39 is 41.5 Å². The van der Waals surface area contributed by atoms with Crippen molar-refractivity contribution in [2.24, 2.45) is 0 Å². The van der Waals surface area contributed by atoms with Crippen molar-refractivity contribution < 1.29 is 36.6 Å². The fraction of sp³-hybridized carbons (Fsp3) is 0.188. The van der Waals surface area contributed by atoms with Crippen LogP contribution in [0.1, 0.15) is 0 Å². The number of carbonyl (C=O) groups excluding carboxylic acids is 1. The minimum atomic E-state index is -1.73. The van der Waals surface area contributed by atoms with Crippen molar-refractivity contribution in [3.05, 3.63) is 47.5 Å². The van der Waals surface area contributed by atoms with Crippen molar-refractivity contribution in [3.8, 4) is 17.2 Å². The molecule has 9 heteroatoms. The highest BCUT2D eigenvalue weighted by molar-refractivity contribution is 5.93. The minimum absolute atomic E-state index is 0.0415. The van der Waals surface area contributed by atoms with Crippen LogP contribution in [0.2, 0.25) is 0 Å². The molecule has 0 aromatic heterocycles. The van der Waals surface area contributed by atoms with Crippen molar-refractivity contribution in [2.45, 2.75) is 0 Å². The number of halogens is 4. The third-order valence-electron chi connectivity index (χ3n) is 3.10. The summed E-state index contributed by atoms with van der Waals surface area (Å²) in [4.78, 5) is 11.8. The van der Waals surface area contributed by atoms with Crippen LogP contribution < -0.4 is 19.5 Å². The Morgan fingerprint density at radius 2 is 1.64 bits per heavy atom. The Morgan fingerprint density at radius 3 is 2.20 bits per heavy atom. The Morgan fingerprint density at radius 1 is 1.00 bits per heavy atom. The molecule has 2 rings (SSSR count). The van der Waals surface area contributed by atoms with Gasteiger partial charge < -0.3 is 19.5 Å². The summed E-state index contributed by atoms with van der Waals surface area (Å²) in [5, 5.41) is 2.37. The molecule has 2 aromatic rings. The van der Waals surface area contributed by atoms with Gasteiger partial charge in [-0.05, 0) is 12.1 Å². The van der Waals surface area contributed by atoms with E-state index in [9.17, 15) is 22.4 Å². The second-order valence-electron chi connectivity index (χ2n) is 4.70. The number of ether oxygens (including phenoxy) is 3. The van der Waals surface area contributed by atoms with E-state index in [1.165, 1.54) is 26.4 Å². The Kier molecular flexibility index (Phi) is 5.68. The number of carbonyl (C=O) groups is 1. The normalized spacial score (nSPS) is 10.3. The third kappa shape index (κ3) is 4.11. The van der Waals surface area contributed by atoms with Gasteiger partial charge in [-0.3, -0.25) is 4.79 Å². The van der Waals surface area contributed by atoms with E-state index in [-0.39, 0.29) is 17.5 Å². The van der Waals surface area contributed by atoms with E-state index in [1.807, 2.05) is 0 Å². The van der Waals surface area contributed by atoms with Gasteiger partial charge >= 0.3 is 0 Å². The first-order valence-corrected chi connectivity index (χ1v) is 6.85. The Balaban J connectivity index is 2.10. The van der Waals surface area contributed by atoms with Gasteiger partial charge in [-0.15, -0.1) is 0 Å². The summed E-state index contributed by atoms with van der Waals surface area (Å²) in [5.41, 5.74) is 0.239. The molecular formula is C16H13F4NO4. The van der Waals surface area contributed by atoms with Gasteiger partial charge in [0.1, 0.15) is 11.5 Å². The molecule has 0 atom stereocenters. The van der Waals surface area contributed by atoms with E-state index in [0.717, 1.165) is 0 Å². The molecule has 5 nitrogen and oxygen atoms in total. The number of hydrogen-bond donors (Lipinski definition) is 1. The zero-order chi connectivity index (χ0) is 18.6. The second-order valence-corrected chi connectivity index (χ2v) is 4.70. The molecule has 0 saturated carbocycles. The van der Waals surface area contributed by atoms with Gasteiger partial charge in [0.15, 0.2) is 24.0 Å². The maximum absolute atomic E-state index is 13.4. The van der Waals surface area contributed by atoms with Crippen LogP contribution in [0, 0.1) is 23.3 Å². The summed E-state index contributed by atoms with van der Waals surface area (Å²) in [7, 11) is 2.81. The number of benzene rings is 2. The Bertz CT molecular complexity index is 772. The lowest BCUT2D eigenvalue weighted by molar-refractivity contribution is -0.118. The highest BCUT2D eigenvalue weighted by atomic mass is 19.2. The summed E-state index contributed by atoms with van der Waals surface area (Å²) in [5.74, 6) is -8.12. The molecular weight excluding hydrogens is 346 g/mol. The summed E-state index contributed by atoms with van der Waals surface area (Å²) in [6.07, 6.45) is 0. The Labute approximate surface area is 140 Å². The molecule has 0 spiro atoms. The zero-order valence-electron chi connectivity index (χ0n) is 13.2. The highest BCUT2D eigenvalue weighted by Gasteiger charge is 2.21. The van der Waals surface area contributed by atoms with E-state index in [0.29, 0.717) is 5.75 Å². The Hall–Kier alpha value is -2.97. The second kappa shape index (κ2) is 7.73. The van der Waals surface area contributed by atoms with Gasteiger partial charge in [0.25, 0.3) is 5.91 Å². The van der Waals surface area contributed by atoms with E-state index >= 15 is 0 Å². The lowest BCUT2D eigenvalue weighted by Crippen LogP contribution is -2.21. The summed E-state index contributed by atoms with van der Waals surface area (Å²) in [6.45, 7) is -0.883. The van der Waals surface area contributed by atoms with Gasteiger partial charge in [0, 0.05) is 12.1 Å². The van der Waals surface area contributed by atoms with Crippen LogP contribution in [0.4, 0.5) is 23.2 Å². The predicted octanol–water partition coefficient (Wildman–Crippen LogP) is 3.28. The lowest BCUT2D eigenvalue weighted by Gasteiger charge is -2.13. The maximum Gasteiger partial charge on any atom is 0.262 e. The average Bonchev–Trinajstić information content (AvgIpc) is 2.60. The van der Waals surface area contributed by atoms with Crippen LogP contribution in [0.5, 0.6) is 17.2 Å². The van der Waals surface area contributed by atoms with E-state index in [4.69, 9.17) is 9.47 Å². The topological polar surface area (TPSA) is 56.8 Å². The molecule has 0 aliphatic rings. The fourth-order valence-electron chi connectivity index (χ4n) is 1.90. The quantitative estimate of drug-likeness (QED) is 0.635. The molecule has 0 unspecified atom stereocenters. The summed E-state index contributed by atoms with van der Waals surface area (Å²) < 4.78 is 67.7. The lowest BCUT2D eigenvalue weighted by atomic mass is 10.2. The molecule has 25 heavy (non-hydrogen) atoms. The van der Waals surface area contributed by atoms with Crippen molar-refractivity contribution in [3.63, 3.8) is 0 Å². The van der Waals surface area contributed by atoms with Crippen LogP contribution in [0.25, 0.3) is 0 Å². The van der Waals surface area contributed by atoms with Crippen LogP contribution in [-0.2, 0) is 4.79 Å². The first-order valence-electron chi connectivity index (χ1n) is 6.85. The molecule has 0 aliphatic carbocycles. The summed E-state index contributed by atoms with van der Waals surface area (Å²) >= 11 is 0. The SMILES string of the molecule is COc1ccc(NC(=O)COc2c(F)c(F)cc(F)c2F)c(OC)c1. The highest BCUT2D eigenvalue weighted by Crippen LogP contribution is 2.29. The molecule has 0 radical (unpaired) electrons.